The van der Waals surface area contributed by atoms with Crippen molar-refractivity contribution < 1.29 is 193 Å². The van der Waals surface area contributed by atoms with Crippen LogP contribution in [0.4, 0.5) is 29.0 Å². The molecule has 0 saturated heterocycles. The van der Waals surface area contributed by atoms with Gasteiger partial charge < -0.3 is 35.6 Å². The van der Waals surface area contributed by atoms with Gasteiger partial charge in [-0.15, -0.1) is 9.45 Å². The number of aromatic nitrogens is 3. The van der Waals surface area contributed by atoms with Crippen LogP contribution in [0.3, 0.4) is 0 Å². The third-order valence-corrected chi connectivity index (χ3v) is 10.6. The van der Waals surface area contributed by atoms with Crippen LogP contribution in [-0.4, -0.2) is 78.7 Å². The molecule has 2 N–H and O–H groups in total. The number of hydrogen-bond acceptors (Lipinski definition) is 26. The summed E-state index contributed by atoms with van der Waals surface area (Å²) in [5, 5.41) is 61.6. The summed E-state index contributed by atoms with van der Waals surface area (Å²) < 4.78 is 86.1. The zero-order valence-corrected chi connectivity index (χ0v) is 49.0. The molecule has 3 aromatic carbocycles. The van der Waals surface area contributed by atoms with Gasteiger partial charge in [-0.2, -0.15) is 28.7 Å². The molecule has 1 aromatic heterocycles. The van der Waals surface area contributed by atoms with Crippen molar-refractivity contribution in [1.82, 2.24) is 15.0 Å². The number of sulfone groups is 1. The van der Waals surface area contributed by atoms with Crippen molar-refractivity contribution in [3.8, 4) is 5.75 Å². The molecule has 0 fully saturated rings. The van der Waals surface area contributed by atoms with Gasteiger partial charge in [0.2, 0.25) is 17.2 Å². The molecule has 0 unspecified atom stereocenters. The number of hydrogen-bond donors (Lipinski definition) is 2. The molecule has 1 heterocycles. The van der Waals surface area contributed by atoms with E-state index < -0.39 is 59.1 Å². The summed E-state index contributed by atoms with van der Waals surface area (Å²) in [6.45, 7) is -0.126. The number of fused-ring (bicyclic) bond motifs is 1. The first-order valence-electron chi connectivity index (χ1n) is 14.6. The quantitative estimate of drug-likeness (QED) is 0.00901. The second-order valence-electron chi connectivity index (χ2n) is 9.73. The van der Waals surface area contributed by atoms with Crippen LogP contribution < -0.4 is 144 Å². The summed E-state index contributed by atoms with van der Waals surface area (Å²) in [6, 6.07) is 8.21. The van der Waals surface area contributed by atoms with Crippen LogP contribution in [0.5, 0.6) is 5.75 Å². The van der Waals surface area contributed by atoms with E-state index in [1.54, 1.807) is 7.05 Å². The number of benzene rings is 3. The molecule has 0 saturated carbocycles. The Kier molecular flexibility index (Phi) is 34.9. The standard InChI is InChI=1S/C24H24ClN7O16S5.CH4I2.4Na/c1-32(6-8-49-46-43-34)24-28-22(25)27-23(29-24)26-17-12-16-13(11-19(17)53(39,40)41)10-18(50-47-44-35)20(21(16)33)31-30-14-2-4-15(5-3-14)52(37,38)9-7-42-51-48-45-36;1-3-2;;;;/h2-5,10-12,33-36H,6-9H2,1H3,(H,39,40,41)(H,26,27,28,29);3H,1H3;;;;/q;;4*+1/p-4/i;3D;;;;. The number of halogens is 3. The molecule has 0 aliphatic rings. The first-order valence-corrected chi connectivity index (χ1v) is 28.4. The third-order valence-electron chi connectivity index (χ3n) is 6.34. The van der Waals surface area contributed by atoms with Crippen LogP contribution in [0, 0.1) is 0 Å². The van der Waals surface area contributed by atoms with E-state index in [9.17, 15) is 42.3 Å². The Hall–Kier alpha value is 2.19. The van der Waals surface area contributed by atoms with Gasteiger partial charge >= 0.3 is 159 Å². The van der Waals surface area contributed by atoms with Gasteiger partial charge in [-0.1, -0.05) is 0 Å². The molecule has 4 aromatic rings. The van der Waals surface area contributed by atoms with E-state index in [1.807, 2.05) is 4.93 Å². The second-order valence-corrected chi connectivity index (χ2v) is 21.8. The van der Waals surface area contributed by atoms with E-state index >= 15 is 0 Å². The predicted molar refractivity (Wildman–Crippen MR) is 211 cm³/mol. The predicted octanol–water partition coefficient (Wildman–Crippen LogP) is -8.75. The molecule has 0 bridgehead atoms. The van der Waals surface area contributed by atoms with Gasteiger partial charge in [-0.05, 0) is 59.5 Å². The monoisotopic (exact) mass is 1220 g/mol. The fourth-order valence-electron chi connectivity index (χ4n) is 4.06. The Balaban J connectivity index is 0. The maximum atomic E-state index is 12.6. The number of phenolic OH excluding ortho intramolecular Hbond substituents is 1. The van der Waals surface area contributed by atoms with E-state index in [2.05, 4.69) is 77.2 Å². The van der Waals surface area contributed by atoms with E-state index in [-0.39, 0.29) is 211 Å². The molecule has 0 amide bonds. The molecule has 0 spiro atoms. The largest absolute Gasteiger partial charge is 1.00 e. The number of azo groups is 1. The minimum atomic E-state index is -5.21. The van der Waals surface area contributed by atoms with Crippen molar-refractivity contribution in [3.63, 3.8) is 0 Å². The molecule has 60 heavy (non-hydrogen) atoms. The minimum Gasteiger partial charge on any atom is 1.00 e. The molecule has 4 rings (SSSR count). The van der Waals surface area contributed by atoms with Crippen LogP contribution in [0.25, 0.3) is 10.8 Å². The average molecular weight is 1220 g/mol. The maximum absolute atomic E-state index is 12.6. The van der Waals surface area contributed by atoms with Crippen molar-refractivity contribution in [1.29, 1.82) is 0.594 Å². The SMILES string of the molecule is CN(CCSOO[O-])c1nc(Cl)nc(Nc2cc3c(O)c(N=Nc4ccc(S(=O)(=O)CCOSOO[O-])cc4)c(SOO[O-])cc3cc2S(=O)(=O)[O-])n1.[2H]I(C)I.[Na+].[Na+].[Na+].[Na+]. The Morgan fingerprint density at radius 1 is 0.983 bits per heavy atom. The molecular weight excluding hydrogens is 1200 g/mol. The number of rotatable bonds is 21. The van der Waals surface area contributed by atoms with Crippen LogP contribution in [-0.2, 0) is 52.3 Å². The Bertz CT molecular complexity index is 2210. The van der Waals surface area contributed by atoms with Gasteiger partial charge in [0.1, 0.15) is 15.8 Å². The zero-order valence-electron chi connectivity index (χ0n) is 32.8. The van der Waals surface area contributed by atoms with Crippen molar-refractivity contribution in [2.75, 3.05) is 46.9 Å². The van der Waals surface area contributed by atoms with E-state index in [0.29, 0.717) is 12.0 Å². The summed E-state index contributed by atoms with van der Waals surface area (Å²) in [5.41, 5.74) is -0.624. The molecular formula is C25H24ClI2N7Na4O16S5. The molecule has 310 valence electrons. The van der Waals surface area contributed by atoms with Gasteiger partial charge in [-0.3, -0.25) is 19.3 Å². The number of alkyl halides is 1. The molecule has 0 radical (unpaired) electrons. The number of nitrogens with zero attached hydrogens (tertiary/aromatic N) is 6. The number of aromatic hydroxyl groups is 1. The van der Waals surface area contributed by atoms with Crippen molar-refractivity contribution in [2.24, 2.45) is 10.2 Å². The number of phenols is 1. The van der Waals surface area contributed by atoms with Crippen molar-refractivity contribution >= 4 is 143 Å². The summed E-state index contributed by atoms with van der Waals surface area (Å²) in [5.74, 6) is -1.21. The Morgan fingerprint density at radius 2 is 1.62 bits per heavy atom. The van der Waals surface area contributed by atoms with Gasteiger partial charge in [0.25, 0.3) is 0 Å². The third kappa shape index (κ3) is 21.4. The van der Waals surface area contributed by atoms with Gasteiger partial charge in [-0.25, -0.2) is 16.8 Å². The molecule has 23 nitrogen and oxygen atoms in total. The average Bonchev–Trinajstić information content (AvgIpc) is 3.14. The Labute approximate surface area is 469 Å². The molecule has 35 heteroatoms. The number of nitrogens with one attached hydrogen (secondary N) is 1. The Morgan fingerprint density at radius 3 is 2.22 bits per heavy atom. The van der Waals surface area contributed by atoms with Gasteiger partial charge in [0, 0.05) is 36.8 Å². The smallest absolute Gasteiger partial charge is 1.00 e. The van der Waals surface area contributed by atoms with E-state index in [0.717, 1.165) is 12.1 Å². The first-order chi connectivity index (χ1) is 27.0. The summed E-state index contributed by atoms with van der Waals surface area (Å²) in [7, 11) is -7.49. The minimum absolute atomic E-state index is 0. The van der Waals surface area contributed by atoms with Gasteiger partial charge in [0.15, 0.2) is 27.9 Å². The molecule has 0 aliphatic carbocycles. The van der Waals surface area contributed by atoms with Crippen LogP contribution in [0.2, 0.25) is 5.28 Å². The van der Waals surface area contributed by atoms with Crippen LogP contribution in [0.15, 0.2) is 67.4 Å². The zero-order chi connectivity index (χ0) is 42.2. The molecule has 0 atom stereocenters. The second kappa shape index (κ2) is 33.6. The summed E-state index contributed by atoms with van der Waals surface area (Å²) in [6.07, 6.45) is 0. The number of anilines is 3. The van der Waals surface area contributed by atoms with Gasteiger partial charge in [0.05, 0.1) is 50.5 Å². The van der Waals surface area contributed by atoms with E-state index in [1.165, 1.54) is 35.2 Å². The van der Waals surface area contributed by atoms with Crippen LogP contribution in [0.1, 0.15) is 0 Å². The van der Waals surface area contributed by atoms with E-state index in [4.69, 9.17) is 16.4 Å². The topological polar surface area (TPSA) is 324 Å². The fourth-order valence-corrected chi connectivity index (χ4v) is 7.22. The first kappa shape index (κ1) is 62.2. The summed E-state index contributed by atoms with van der Waals surface area (Å²) in [4.78, 5) is 14.5. The summed E-state index contributed by atoms with van der Waals surface area (Å²) >= 11 is 8.31. The van der Waals surface area contributed by atoms with Crippen molar-refractivity contribution in [3.05, 3.63) is 47.7 Å². The molecule has 0 aliphatic heterocycles. The van der Waals surface area contributed by atoms with Crippen molar-refractivity contribution in [2.45, 2.75) is 14.7 Å². The maximum Gasteiger partial charge on any atom is 1.00 e. The fraction of sp³-hybridized carbons (Fsp3) is 0.240. The normalized spacial score (nSPS) is 11.5. The van der Waals surface area contributed by atoms with Crippen LogP contribution >= 0.6 is 83.7 Å².